The maximum atomic E-state index is 14.7. The minimum atomic E-state index is -0.775. The number of aromatic nitrogens is 3. The molecule has 1 N–H and O–H groups in total. The average Bonchev–Trinajstić information content (AvgIpc) is 3.02. The molecular formula is C22H23F3N4. The molecule has 4 nitrogen and oxygen atoms in total. The Hall–Kier alpha value is -2.57. The molecule has 6 rings (SSSR count). The predicted molar refractivity (Wildman–Crippen MR) is 106 cm³/mol. The fourth-order valence-electron chi connectivity index (χ4n) is 5.34. The van der Waals surface area contributed by atoms with Gasteiger partial charge in [0.1, 0.15) is 17.2 Å². The van der Waals surface area contributed by atoms with E-state index >= 15 is 0 Å². The Morgan fingerprint density at radius 1 is 1.03 bits per heavy atom. The Labute approximate surface area is 167 Å². The highest BCUT2D eigenvalue weighted by Gasteiger charge is 2.41. The number of pyridine rings is 2. The molecule has 0 aromatic carbocycles. The standard InChI is InChI=1S/C22H23F3N4/c1-11-12-3-5-13(6-4-12)19(11)27-21-18(25)8-17(24)20(28-21)16-10-29(2)22-15(16)7-14(23)9-26-22/h7-13,19H,3-6H2,1-2H3,(H,27,28). The van der Waals surface area contributed by atoms with Gasteiger partial charge in [-0.3, -0.25) is 0 Å². The topological polar surface area (TPSA) is 42.7 Å². The Balaban J connectivity index is 1.57. The summed E-state index contributed by atoms with van der Waals surface area (Å²) < 4.78 is 44.8. The molecule has 0 amide bonds. The third kappa shape index (κ3) is 2.98. The third-order valence-corrected chi connectivity index (χ3v) is 6.90. The minimum Gasteiger partial charge on any atom is -0.364 e. The molecule has 3 fully saturated rings. The molecule has 2 unspecified atom stereocenters. The summed E-state index contributed by atoms with van der Waals surface area (Å²) in [5, 5.41) is 3.73. The van der Waals surface area contributed by atoms with Crippen molar-refractivity contribution in [3.63, 3.8) is 0 Å². The maximum absolute atomic E-state index is 14.7. The van der Waals surface area contributed by atoms with Gasteiger partial charge in [0.15, 0.2) is 17.5 Å². The first-order valence-corrected chi connectivity index (χ1v) is 10.2. The molecule has 152 valence electrons. The quantitative estimate of drug-likeness (QED) is 0.650. The van der Waals surface area contributed by atoms with Crippen molar-refractivity contribution < 1.29 is 13.2 Å². The number of aryl methyl sites for hydroxylation is 1. The zero-order chi connectivity index (χ0) is 20.3. The van der Waals surface area contributed by atoms with Crippen LogP contribution in [0.1, 0.15) is 32.6 Å². The summed E-state index contributed by atoms with van der Waals surface area (Å²) in [5.74, 6) is -0.376. The van der Waals surface area contributed by atoms with Gasteiger partial charge in [0.2, 0.25) is 0 Å². The molecule has 3 aromatic rings. The Bertz CT molecular complexity index is 1080. The number of nitrogens with one attached hydrogen (secondary N) is 1. The Morgan fingerprint density at radius 2 is 1.76 bits per heavy atom. The van der Waals surface area contributed by atoms with Crippen LogP contribution in [0.2, 0.25) is 0 Å². The van der Waals surface area contributed by atoms with Gasteiger partial charge in [0.25, 0.3) is 0 Å². The molecule has 3 aromatic heterocycles. The fraction of sp³-hybridized carbons (Fsp3) is 0.455. The molecule has 2 bridgehead atoms. The lowest BCUT2D eigenvalue weighted by Crippen LogP contribution is -2.47. The summed E-state index contributed by atoms with van der Waals surface area (Å²) in [6, 6.07) is 2.30. The van der Waals surface area contributed by atoms with Crippen LogP contribution in [-0.2, 0) is 7.05 Å². The van der Waals surface area contributed by atoms with E-state index in [2.05, 4.69) is 22.2 Å². The summed E-state index contributed by atoms with van der Waals surface area (Å²) in [4.78, 5) is 8.40. The Morgan fingerprint density at radius 3 is 2.48 bits per heavy atom. The number of rotatable bonds is 3. The first-order chi connectivity index (χ1) is 13.9. The van der Waals surface area contributed by atoms with Crippen molar-refractivity contribution in [3.05, 3.63) is 42.0 Å². The van der Waals surface area contributed by atoms with Gasteiger partial charge in [-0.25, -0.2) is 23.1 Å². The van der Waals surface area contributed by atoms with E-state index in [1.807, 2.05) is 0 Å². The Kier molecular flexibility index (Phi) is 4.29. The monoisotopic (exact) mass is 400 g/mol. The number of halogens is 3. The minimum absolute atomic E-state index is 0.000483. The number of hydrogen-bond acceptors (Lipinski definition) is 3. The second-order valence-corrected chi connectivity index (χ2v) is 8.53. The van der Waals surface area contributed by atoms with Gasteiger partial charge in [-0.2, -0.15) is 0 Å². The zero-order valence-corrected chi connectivity index (χ0v) is 16.4. The van der Waals surface area contributed by atoms with Gasteiger partial charge in [0.05, 0.1) is 6.20 Å². The van der Waals surface area contributed by atoms with E-state index in [0.29, 0.717) is 34.4 Å². The highest BCUT2D eigenvalue weighted by atomic mass is 19.1. The van der Waals surface area contributed by atoms with Gasteiger partial charge in [0, 0.05) is 36.3 Å². The highest BCUT2D eigenvalue weighted by molar-refractivity contribution is 5.93. The summed E-state index contributed by atoms with van der Waals surface area (Å²) in [6.07, 6.45) is 7.49. The van der Waals surface area contributed by atoms with Crippen LogP contribution in [0.5, 0.6) is 0 Å². The van der Waals surface area contributed by atoms with Crippen LogP contribution in [0, 0.1) is 35.2 Å². The molecular weight excluding hydrogens is 377 g/mol. The molecule has 0 radical (unpaired) electrons. The van der Waals surface area contributed by atoms with Crippen LogP contribution in [0.15, 0.2) is 24.5 Å². The third-order valence-electron chi connectivity index (χ3n) is 6.90. The summed E-state index contributed by atoms with van der Waals surface area (Å²) in [5.41, 5.74) is 0.911. The number of fused-ring (bicyclic) bond motifs is 4. The highest BCUT2D eigenvalue weighted by Crippen LogP contribution is 2.46. The van der Waals surface area contributed by atoms with Crippen LogP contribution in [0.3, 0.4) is 0 Å². The average molecular weight is 400 g/mol. The van der Waals surface area contributed by atoms with Crippen molar-refractivity contribution in [1.29, 1.82) is 0 Å². The number of anilines is 1. The zero-order valence-electron chi connectivity index (χ0n) is 16.4. The summed E-state index contributed by atoms with van der Waals surface area (Å²) >= 11 is 0. The molecule has 0 spiro atoms. The molecule has 3 aliphatic rings. The van der Waals surface area contributed by atoms with Crippen LogP contribution in [0.25, 0.3) is 22.3 Å². The number of nitrogens with zero attached hydrogens (tertiary/aromatic N) is 3. The predicted octanol–water partition coefficient (Wildman–Crippen LogP) is 5.29. The van der Waals surface area contributed by atoms with Crippen molar-refractivity contribution in [2.24, 2.45) is 24.8 Å². The number of hydrogen-bond donors (Lipinski definition) is 1. The van der Waals surface area contributed by atoms with Gasteiger partial charge < -0.3 is 9.88 Å². The fourth-order valence-corrected chi connectivity index (χ4v) is 5.34. The lowest BCUT2D eigenvalue weighted by Gasteiger charge is -2.47. The largest absolute Gasteiger partial charge is 0.364 e. The van der Waals surface area contributed by atoms with Crippen LogP contribution < -0.4 is 5.32 Å². The van der Waals surface area contributed by atoms with Crippen molar-refractivity contribution in [2.45, 2.75) is 38.6 Å². The van der Waals surface area contributed by atoms with E-state index in [0.717, 1.165) is 25.1 Å². The van der Waals surface area contributed by atoms with E-state index < -0.39 is 17.5 Å². The molecule has 0 saturated heterocycles. The van der Waals surface area contributed by atoms with E-state index in [-0.39, 0.29) is 17.6 Å². The second-order valence-electron chi connectivity index (χ2n) is 8.53. The molecule has 29 heavy (non-hydrogen) atoms. The lowest BCUT2D eigenvalue weighted by molar-refractivity contribution is 0.0926. The molecule has 0 aliphatic heterocycles. The first kappa shape index (κ1) is 18.5. The van der Waals surface area contributed by atoms with Crippen LogP contribution in [0.4, 0.5) is 19.0 Å². The van der Waals surface area contributed by atoms with Crippen molar-refractivity contribution in [3.8, 4) is 11.3 Å². The van der Waals surface area contributed by atoms with E-state index in [9.17, 15) is 13.2 Å². The normalized spacial score (nSPS) is 26.2. The molecule has 3 heterocycles. The van der Waals surface area contributed by atoms with Gasteiger partial charge in [-0.1, -0.05) is 6.92 Å². The van der Waals surface area contributed by atoms with Crippen molar-refractivity contribution in [1.82, 2.24) is 14.5 Å². The maximum Gasteiger partial charge on any atom is 0.168 e. The molecule has 3 saturated carbocycles. The van der Waals surface area contributed by atoms with Crippen LogP contribution >= 0.6 is 0 Å². The van der Waals surface area contributed by atoms with Crippen molar-refractivity contribution in [2.75, 3.05) is 5.32 Å². The van der Waals surface area contributed by atoms with Crippen LogP contribution in [-0.4, -0.2) is 20.6 Å². The first-order valence-electron chi connectivity index (χ1n) is 10.2. The second kappa shape index (κ2) is 6.75. The van der Waals surface area contributed by atoms with E-state index in [4.69, 9.17) is 0 Å². The molecule has 3 aliphatic carbocycles. The molecule has 2 atom stereocenters. The lowest BCUT2D eigenvalue weighted by atomic mass is 9.62. The molecule has 7 heteroatoms. The van der Waals surface area contributed by atoms with E-state index in [1.54, 1.807) is 17.8 Å². The van der Waals surface area contributed by atoms with Gasteiger partial charge >= 0.3 is 0 Å². The SMILES string of the molecule is CC1C2CCC(CC2)C1Nc1nc(-c2cn(C)c3ncc(F)cc23)c(F)cc1F. The van der Waals surface area contributed by atoms with Crippen molar-refractivity contribution >= 4 is 16.9 Å². The summed E-state index contributed by atoms with van der Waals surface area (Å²) in [7, 11) is 1.75. The van der Waals surface area contributed by atoms with Gasteiger partial charge in [-0.05, 0) is 49.5 Å². The summed E-state index contributed by atoms with van der Waals surface area (Å²) in [6.45, 7) is 2.20. The smallest absolute Gasteiger partial charge is 0.168 e. The van der Waals surface area contributed by atoms with E-state index in [1.165, 1.54) is 18.9 Å². The van der Waals surface area contributed by atoms with Gasteiger partial charge in [-0.15, -0.1) is 0 Å².